The summed E-state index contributed by atoms with van der Waals surface area (Å²) in [6.45, 7) is -0.384. The minimum atomic E-state index is -5.53. The molecule has 0 rings (SSSR count). The van der Waals surface area contributed by atoms with Crippen LogP contribution in [0.1, 0.15) is 6.42 Å². The average Bonchev–Trinajstić information content (AvgIpc) is 1.76. The lowest BCUT2D eigenvalue weighted by Gasteiger charge is -2.01. The lowest BCUT2D eigenvalue weighted by atomic mass is 10.5. The van der Waals surface area contributed by atoms with E-state index in [9.17, 15) is 20.7 Å². The van der Waals surface area contributed by atoms with Crippen molar-refractivity contribution in [3.05, 3.63) is 0 Å². The molecule has 0 heterocycles. The zero-order valence-corrected chi connectivity index (χ0v) is 8.20. The van der Waals surface area contributed by atoms with E-state index in [1.165, 1.54) is 0 Å². The van der Waals surface area contributed by atoms with Crippen molar-refractivity contribution >= 4 is 19.2 Å². The van der Waals surface area contributed by atoms with Crippen LogP contribution in [-0.2, 0) is 14.3 Å². The van der Waals surface area contributed by atoms with Crippen molar-refractivity contribution < 1.29 is 24.9 Å². The first kappa shape index (κ1) is 11.9. The largest absolute Gasteiger partial charge is 0.616 e. The molecule has 74 valence electrons. The molecule has 0 aliphatic heterocycles. The predicted molar refractivity (Wildman–Crippen MR) is 39.3 cm³/mol. The molecule has 0 saturated carbocycles. The summed E-state index contributed by atoms with van der Waals surface area (Å²) in [5.74, 6) is 0. The van der Waals surface area contributed by atoms with Crippen molar-refractivity contribution in [1.29, 1.82) is 0 Å². The van der Waals surface area contributed by atoms with E-state index in [-0.39, 0.29) is 13.0 Å². The van der Waals surface area contributed by atoms with E-state index in [4.69, 9.17) is 0 Å². The van der Waals surface area contributed by atoms with Gasteiger partial charge < -0.3 is 0 Å². The molecule has 3 nitrogen and oxygen atoms in total. The van der Waals surface area contributed by atoms with E-state index in [1.807, 2.05) is 0 Å². The smallest absolute Gasteiger partial charge is 0.270 e. The van der Waals surface area contributed by atoms with Crippen LogP contribution in [0.5, 0.6) is 0 Å². The van der Waals surface area contributed by atoms with Gasteiger partial charge in [-0.3, -0.25) is 4.18 Å². The first-order valence-electron chi connectivity index (χ1n) is 3.12. The fourth-order valence-corrected chi connectivity index (χ4v) is 1.45. The Labute approximate surface area is 70.2 Å². The van der Waals surface area contributed by atoms with Crippen LogP contribution in [0.3, 0.4) is 0 Å². The third-order valence-electron chi connectivity index (χ3n) is 0.902. The summed E-state index contributed by atoms with van der Waals surface area (Å²) in [7, 11) is -9.12. The second-order valence-electron chi connectivity index (χ2n) is 2.24. The van der Waals surface area contributed by atoms with Crippen molar-refractivity contribution in [3.8, 4) is 0 Å². The Bertz CT molecular complexity index is 222. The predicted octanol–water partition coefficient (Wildman–Crippen LogP) is 1.20. The van der Waals surface area contributed by atoms with Gasteiger partial charge in [-0.2, -0.15) is 8.42 Å². The Kier molecular flexibility index (Phi) is 4.21. The second kappa shape index (κ2) is 4.24. The van der Waals surface area contributed by atoms with Gasteiger partial charge in [0.1, 0.15) is 0 Å². The van der Waals surface area contributed by atoms with Gasteiger partial charge >= 0.3 is 9.08 Å². The highest BCUT2D eigenvalue weighted by molar-refractivity contribution is 7.85. The van der Waals surface area contributed by atoms with Crippen molar-refractivity contribution in [2.45, 2.75) is 12.5 Å². The monoisotopic (exact) mass is 222 g/mol. The van der Waals surface area contributed by atoms with Gasteiger partial charge in [0.05, 0.1) is 12.9 Å². The van der Waals surface area contributed by atoms with Crippen LogP contribution < -0.4 is 0 Å². The number of rotatable bonds is 5. The molecule has 0 aromatic carbocycles. The van der Waals surface area contributed by atoms with E-state index >= 15 is 0 Å². The van der Waals surface area contributed by atoms with Crippen LogP contribution in [-0.4, -0.2) is 30.4 Å². The van der Waals surface area contributed by atoms with E-state index in [1.54, 1.807) is 0 Å². The average molecular weight is 222 g/mol. The zero-order valence-electron chi connectivity index (χ0n) is 6.39. The first-order chi connectivity index (χ1) is 5.21. The van der Waals surface area contributed by atoms with Gasteiger partial charge in [-0.25, -0.2) is 12.3 Å². The molecule has 0 spiro atoms. The summed E-state index contributed by atoms with van der Waals surface area (Å²) in [5, 5.41) is 0. The molecule has 0 atom stereocenters. The summed E-state index contributed by atoms with van der Waals surface area (Å²) in [4.78, 5) is 0. The molecule has 0 aromatic rings. The highest BCUT2D eigenvalue weighted by atomic mass is 32.2. The maximum atomic E-state index is 11.6. The van der Waals surface area contributed by atoms with Crippen LogP contribution in [0.15, 0.2) is 0 Å². The summed E-state index contributed by atoms with van der Waals surface area (Å²) >= 11 is 0. The molecular formula is C4H9F3O3SSi. The minimum absolute atomic E-state index is 0.275. The normalized spacial score (nSPS) is 13.3. The maximum absolute atomic E-state index is 11.6. The Morgan fingerprint density at radius 3 is 2.17 bits per heavy atom. The van der Waals surface area contributed by atoms with Gasteiger partial charge in [-0.1, -0.05) is 0 Å². The third kappa shape index (κ3) is 9.92. The van der Waals surface area contributed by atoms with Crippen LogP contribution in [0, 0.1) is 0 Å². The summed E-state index contributed by atoms with van der Waals surface area (Å²) in [6, 6.07) is -0.886. The molecule has 0 saturated heterocycles. The fourth-order valence-electron chi connectivity index (χ4n) is 0.483. The molecule has 12 heavy (non-hydrogen) atoms. The van der Waals surface area contributed by atoms with Crippen molar-refractivity contribution in [2.24, 2.45) is 0 Å². The van der Waals surface area contributed by atoms with Crippen molar-refractivity contribution in [2.75, 3.05) is 12.9 Å². The standard InChI is InChI=1S/C4H9F3O3SSi/c1-11(8,9)10-3-2-4-12(5,6)7/h2-4H2,1H3. The van der Waals surface area contributed by atoms with E-state index in [0.29, 0.717) is 0 Å². The van der Waals surface area contributed by atoms with Crippen LogP contribution in [0.4, 0.5) is 12.3 Å². The molecule has 0 amide bonds. The molecule has 0 radical (unpaired) electrons. The fraction of sp³-hybridized carbons (Fsp3) is 1.00. The third-order valence-corrected chi connectivity index (χ3v) is 2.42. The van der Waals surface area contributed by atoms with Crippen LogP contribution in [0.2, 0.25) is 6.04 Å². The Balaban J connectivity index is 3.48. The molecule has 0 fully saturated rings. The van der Waals surface area contributed by atoms with Gasteiger partial charge in [-0.05, 0) is 6.42 Å². The lowest BCUT2D eigenvalue weighted by molar-refractivity contribution is 0.315. The van der Waals surface area contributed by atoms with E-state index in [2.05, 4.69) is 4.18 Å². The number of halogens is 3. The highest BCUT2D eigenvalue weighted by Gasteiger charge is 2.35. The second-order valence-corrected chi connectivity index (χ2v) is 5.62. The quantitative estimate of drug-likeness (QED) is 0.304. The Hall–Kier alpha value is -0.0831. The number of hydrogen-bond acceptors (Lipinski definition) is 3. The topological polar surface area (TPSA) is 43.4 Å². The lowest BCUT2D eigenvalue weighted by Crippen LogP contribution is -2.15. The first-order valence-corrected chi connectivity index (χ1v) is 6.77. The van der Waals surface area contributed by atoms with Gasteiger partial charge in [0.15, 0.2) is 0 Å². The summed E-state index contributed by atoms with van der Waals surface area (Å²) < 4.78 is 59.5. The molecule has 0 aliphatic carbocycles. The SMILES string of the molecule is CS(=O)(=O)OCCC[Si](F)(F)F. The molecule has 0 unspecified atom stereocenters. The highest BCUT2D eigenvalue weighted by Crippen LogP contribution is 2.16. The van der Waals surface area contributed by atoms with Gasteiger partial charge in [0.25, 0.3) is 10.1 Å². The molecule has 0 bridgehead atoms. The van der Waals surface area contributed by atoms with E-state index < -0.39 is 25.2 Å². The van der Waals surface area contributed by atoms with Gasteiger partial charge in [-0.15, -0.1) is 0 Å². The molecular weight excluding hydrogens is 213 g/mol. The zero-order chi connectivity index (χ0) is 9.83. The number of hydrogen-bond donors (Lipinski definition) is 0. The Morgan fingerprint density at radius 1 is 1.33 bits per heavy atom. The van der Waals surface area contributed by atoms with Gasteiger partial charge in [0.2, 0.25) is 0 Å². The van der Waals surface area contributed by atoms with Crippen LogP contribution >= 0.6 is 0 Å². The summed E-state index contributed by atoms with van der Waals surface area (Å²) in [5.41, 5.74) is 0. The molecule has 0 N–H and O–H groups in total. The Morgan fingerprint density at radius 2 is 1.83 bits per heavy atom. The molecule has 0 aromatic heterocycles. The minimum Gasteiger partial charge on any atom is -0.270 e. The summed E-state index contributed by atoms with van der Waals surface area (Å²) in [6.07, 6.45) is 0.529. The maximum Gasteiger partial charge on any atom is 0.616 e. The molecule has 0 aliphatic rings. The van der Waals surface area contributed by atoms with E-state index in [0.717, 1.165) is 6.26 Å². The van der Waals surface area contributed by atoms with Crippen molar-refractivity contribution in [1.82, 2.24) is 0 Å². The van der Waals surface area contributed by atoms with Crippen molar-refractivity contribution in [3.63, 3.8) is 0 Å². The molecule has 8 heteroatoms. The van der Waals surface area contributed by atoms with Gasteiger partial charge in [0, 0.05) is 6.04 Å². The van der Waals surface area contributed by atoms with Crippen LogP contribution in [0.25, 0.3) is 0 Å².